The van der Waals surface area contributed by atoms with Crippen molar-refractivity contribution in [1.29, 1.82) is 5.26 Å². The Morgan fingerprint density at radius 3 is 2.37 bits per heavy atom. The first-order chi connectivity index (χ1) is 9.11. The molecule has 3 unspecified atom stereocenters. The lowest BCUT2D eigenvalue weighted by molar-refractivity contribution is -0.0447. The van der Waals surface area contributed by atoms with Crippen LogP contribution in [0.5, 0.6) is 0 Å². The van der Waals surface area contributed by atoms with Gasteiger partial charge in [0, 0.05) is 25.7 Å². The van der Waals surface area contributed by atoms with Crippen molar-refractivity contribution in [2.24, 2.45) is 5.92 Å². The predicted octanol–water partition coefficient (Wildman–Crippen LogP) is 1.52. The Balaban J connectivity index is 1.69. The Morgan fingerprint density at radius 1 is 1.26 bits per heavy atom. The van der Waals surface area contributed by atoms with Gasteiger partial charge in [-0.2, -0.15) is 5.26 Å². The number of hydrogen-bond donors (Lipinski definition) is 1. The average molecular weight is 263 g/mol. The van der Waals surface area contributed by atoms with Crippen LogP contribution >= 0.6 is 0 Å². The topological polar surface area (TPSA) is 48.3 Å². The minimum Gasteiger partial charge on any atom is -0.372 e. The summed E-state index contributed by atoms with van der Waals surface area (Å²) in [4.78, 5) is 2.46. The molecule has 3 fully saturated rings. The molecule has 4 heteroatoms. The number of nitrogens with zero attached hydrogens (tertiary/aromatic N) is 2. The molecule has 1 N–H and O–H groups in total. The molecule has 3 rings (SSSR count). The maximum atomic E-state index is 9.74. The largest absolute Gasteiger partial charge is 0.372 e. The summed E-state index contributed by atoms with van der Waals surface area (Å²) >= 11 is 0. The molecule has 2 saturated heterocycles. The number of ether oxygens (including phenoxy) is 1. The van der Waals surface area contributed by atoms with Crippen molar-refractivity contribution in [3.8, 4) is 6.07 Å². The third-order valence-corrected chi connectivity index (χ3v) is 4.61. The molecule has 0 spiro atoms. The highest BCUT2D eigenvalue weighted by atomic mass is 16.5. The molecule has 1 saturated carbocycles. The van der Waals surface area contributed by atoms with Gasteiger partial charge in [-0.25, -0.2) is 0 Å². The zero-order valence-corrected chi connectivity index (χ0v) is 12.1. The molecule has 2 heterocycles. The lowest BCUT2D eigenvalue weighted by Crippen LogP contribution is -2.59. The standard InChI is InChI=1S/C15H25N3O/c1-11(2)17-15(9-16,12-3-4-12)10-18-7-13-5-6-14(8-18)19-13/h11-14,17H,3-8,10H2,1-2H3. The molecule has 2 aliphatic heterocycles. The number of hydrogen-bond acceptors (Lipinski definition) is 4. The molecule has 106 valence electrons. The van der Waals surface area contributed by atoms with E-state index in [-0.39, 0.29) is 5.54 Å². The minimum atomic E-state index is -0.342. The van der Waals surface area contributed by atoms with Gasteiger partial charge in [-0.1, -0.05) is 0 Å². The van der Waals surface area contributed by atoms with Crippen LogP contribution in [-0.2, 0) is 4.74 Å². The van der Waals surface area contributed by atoms with E-state index >= 15 is 0 Å². The van der Waals surface area contributed by atoms with E-state index in [1.165, 1.54) is 25.7 Å². The normalized spacial score (nSPS) is 34.2. The molecule has 3 atom stereocenters. The fourth-order valence-electron chi connectivity index (χ4n) is 3.72. The van der Waals surface area contributed by atoms with Gasteiger partial charge in [0.2, 0.25) is 0 Å². The predicted molar refractivity (Wildman–Crippen MR) is 73.7 cm³/mol. The second-order valence-corrected chi connectivity index (χ2v) is 6.81. The highest BCUT2D eigenvalue weighted by Crippen LogP contribution is 2.41. The van der Waals surface area contributed by atoms with Gasteiger partial charge in [0.1, 0.15) is 5.54 Å². The second-order valence-electron chi connectivity index (χ2n) is 6.81. The zero-order chi connectivity index (χ0) is 13.5. The van der Waals surface area contributed by atoms with Gasteiger partial charge in [-0.05, 0) is 45.4 Å². The lowest BCUT2D eigenvalue weighted by Gasteiger charge is -2.39. The number of likely N-dealkylation sites (tertiary alicyclic amines) is 1. The van der Waals surface area contributed by atoms with Crippen molar-refractivity contribution in [2.45, 2.75) is 63.3 Å². The van der Waals surface area contributed by atoms with Crippen LogP contribution in [0.2, 0.25) is 0 Å². The van der Waals surface area contributed by atoms with Crippen LogP contribution in [0.3, 0.4) is 0 Å². The van der Waals surface area contributed by atoms with E-state index in [1.807, 2.05) is 0 Å². The third-order valence-electron chi connectivity index (χ3n) is 4.61. The molecule has 0 aromatic rings. The maximum absolute atomic E-state index is 9.74. The van der Waals surface area contributed by atoms with Gasteiger partial charge in [0.05, 0.1) is 18.3 Å². The van der Waals surface area contributed by atoms with E-state index in [9.17, 15) is 5.26 Å². The van der Waals surface area contributed by atoms with Crippen molar-refractivity contribution < 1.29 is 4.74 Å². The van der Waals surface area contributed by atoms with Crippen LogP contribution in [0, 0.1) is 17.2 Å². The molecular weight excluding hydrogens is 238 g/mol. The Kier molecular flexibility index (Phi) is 3.55. The van der Waals surface area contributed by atoms with Crippen LogP contribution < -0.4 is 5.32 Å². The van der Waals surface area contributed by atoms with Crippen LogP contribution in [0.1, 0.15) is 39.5 Å². The molecule has 0 amide bonds. The molecule has 0 aromatic heterocycles. The third kappa shape index (κ3) is 2.79. The smallest absolute Gasteiger partial charge is 0.122 e. The van der Waals surface area contributed by atoms with Gasteiger partial charge in [0.15, 0.2) is 0 Å². The highest BCUT2D eigenvalue weighted by Gasteiger charge is 2.48. The Hall–Kier alpha value is -0.630. The number of nitriles is 1. The van der Waals surface area contributed by atoms with Crippen LogP contribution in [0.15, 0.2) is 0 Å². The van der Waals surface area contributed by atoms with Crippen molar-refractivity contribution in [3.05, 3.63) is 0 Å². The molecule has 2 bridgehead atoms. The van der Waals surface area contributed by atoms with E-state index in [4.69, 9.17) is 4.74 Å². The van der Waals surface area contributed by atoms with Crippen molar-refractivity contribution in [2.75, 3.05) is 19.6 Å². The summed E-state index contributed by atoms with van der Waals surface area (Å²) in [6.45, 7) is 7.15. The summed E-state index contributed by atoms with van der Waals surface area (Å²) in [6.07, 6.45) is 5.61. The summed E-state index contributed by atoms with van der Waals surface area (Å²) in [5.74, 6) is 0.542. The fourth-order valence-corrected chi connectivity index (χ4v) is 3.72. The number of nitrogens with one attached hydrogen (secondary N) is 1. The van der Waals surface area contributed by atoms with E-state index in [0.717, 1.165) is 19.6 Å². The summed E-state index contributed by atoms with van der Waals surface area (Å²) in [6, 6.07) is 2.97. The maximum Gasteiger partial charge on any atom is 0.122 e. The molecule has 0 aromatic carbocycles. The molecule has 19 heavy (non-hydrogen) atoms. The van der Waals surface area contributed by atoms with Crippen LogP contribution in [0.4, 0.5) is 0 Å². The number of morpholine rings is 1. The first-order valence-electron chi connectivity index (χ1n) is 7.68. The average Bonchev–Trinajstić information content (AvgIpc) is 3.15. The SMILES string of the molecule is CC(C)NC(C#N)(CN1CC2CCC(C1)O2)C1CC1. The second kappa shape index (κ2) is 5.05. The van der Waals surface area contributed by atoms with E-state index < -0.39 is 0 Å². The quantitative estimate of drug-likeness (QED) is 0.817. The van der Waals surface area contributed by atoms with Crippen molar-refractivity contribution in [1.82, 2.24) is 10.2 Å². The molecule has 3 aliphatic rings. The summed E-state index contributed by atoms with van der Waals surface area (Å²) in [5.41, 5.74) is -0.342. The van der Waals surface area contributed by atoms with Crippen LogP contribution in [-0.4, -0.2) is 48.3 Å². The lowest BCUT2D eigenvalue weighted by atomic mass is 9.92. The Morgan fingerprint density at radius 2 is 1.89 bits per heavy atom. The van der Waals surface area contributed by atoms with E-state index in [2.05, 4.69) is 30.1 Å². The van der Waals surface area contributed by atoms with E-state index in [1.54, 1.807) is 0 Å². The molecular formula is C15H25N3O. The first-order valence-corrected chi connectivity index (χ1v) is 7.68. The van der Waals surface area contributed by atoms with Crippen molar-refractivity contribution in [3.63, 3.8) is 0 Å². The first kappa shape index (κ1) is 13.4. The Labute approximate surface area is 116 Å². The zero-order valence-electron chi connectivity index (χ0n) is 12.1. The summed E-state index contributed by atoms with van der Waals surface area (Å²) < 4.78 is 5.89. The van der Waals surface area contributed by atoms with Crippen molar-refractivity contribution >= 4 is 0 Å². The number of fused-ring (bicyclic) bond motifs is 2. The van der Waals surface area contributed by atoms with Gasteiger partial charge in [0.25, 0.3) is 0 Å². The number of rotatable bonds is 5. The van der Waals surface area contributed by atoms with Gasteiger partial charge < -0.3 is 4.74 Å². The highest BCUT2D eigenvalue weighted by molar-refractivity contribution is 5.17. The van der Waals surface area contributed by atoms with Gasteiger partial charge >= 0.3 is 0 Å². The van der Waals surface area contributed by atoms with Crippen LogP contribution in [0.25, 0.3) is 0 Å². The summed E-state index contributed by atoms with van der Waals surface area (Å²) in [7, 11) is 0. The fraction of sp³-hybridized carbons (Fsp3) is 0.933. The summed E-state index contributed by atoms with van der Waals surface area (Å²) in [5, 5.41) is 13.3. The molecule has 4 nitrogen and oxygen atoms in total. The molecule has 1 aliphatic carbocycles. The van der Waals surface area contributed by atoms with E-state index in [0.29, 0.717) is 24.2 Å². The van der Waals surface area contributed by atoms with Gasteiger partial charge in [-0.15, -0.1) is 0 Å². The minimum absolute atomic E-state index is 0.342. The Bertz CT molecular complexity index is 362. The van der Waals surface area contributed by atoms with Gasteiger partial charge in [-0.3, -0.25) is 10.2 Å². The molecule has 0 radical (unpaired) electrons. The monoisotopic (exact) mass is 263 g/mol.